The van der Waals surface area contributed by atoms with E-state index in [4.69, 9.17) is 5.73 Å². The Morgan fingerprint density at radius 2 is 1.58 bits per heavy atom. The van der Waals surface area contributed by atoms with Crippen LogP contribution in [0.25, 0.3) is 0 Å². The Morgan fingerprint density at radius 3 is 2.05 bits per heavy atom. The third-order valence-electron chi connectivity index (χ3n) is 4.17. The van der Waals surface area contributed by atoms with Gasteiger partial charge in [0, 0.05) is 12.0 Å². The van der Waals surface area contributed by atoms with Crippen LogP contribution in [0.2, 0.25) is 0 Å². The second kappa shape index (κ2) is 6.53. The van der Waals surface area contributed by atoms with Gasteiger partial charge in [-0.3, -0.25) is 0 Å². The fourth-order valence-corrected chi connectivity index (χ4v) is 2.95. The quantitative estimate of drug-likeness (QED) is 0.773. The van der Waals surface area contributed by atoms with E-state index in [2.05, 4.69) is 52.9 Å². The highest BCUT2D eigenvalue weighted by atomic mass is 14.9. The molecule has 3 N–H and O–H groups in total. The number of nitrogens with two attached hydrogens (primary N) is 1. The molecule has 2 nitrogen and oxygen atoms in total. The molecule has 0 amide bonds. The molecule has 108 valence electrons. The second-order valence-electron chi connectivity index (χ2n) is 6.34. The first-order valence-corrected chi connectivity index (χ1v) is 7.30. The Hall–Kier alpha value is -0.860. The molecule has 1 aromatic carbocycles. The number of hydrogen-bond acceptors (Lipinski definition) is 2. The Bertz CT molecular complexity index is 407. The van der Waals surface area contributed by atoms with Crippen molar-refractivity contribution in [3.8, 4) is 0 Å². The van der Waals surface area contributed by atoms with Gasteiger partial charge in [-0.1, -0.05) is 19.9 Å². The monoisotopic (exact) mass is 262 g/mol. The first-order valence-electron chi connectivity index (χ1n) is 7.30. The third kappa shape index (κ3) is 3.80. The summed E-state index contributed by atoms with van der Waals surface area (Å²) < 4.78 is 0. The minimum atomic E-state index is 0.152. The van der Waals surface area contributed by atoms with Crippen LogP contribution in [0.4, 0.5) is 0 Å². The molecular weight excluding hydrogens is 232 g/mol. The van der Waals surface area contributed by atoms with Crippen molar-refractivity contribution in [1.29, 1.82) is 0 Å². The van der Waals surface area contributed by atoms with Gasteiger partial charge in [0.25, 0.3) is 0 Å². The van der Waals surface area contributed by atoms with E-state index < -0.39 is 0 Å². The minimum absolute atomic E-state index is 0.152. The minimum Gasteiger partial charge on any atom is -0.330 e. The average molecular weight is 262 g/mol. The van der Waals surface area contributed by atoms with E-state index in [0.717, 1.165) is 26.1 Å². The lowest BCUT2D eigenvalue weighted by Crippen LogP contribution is -2.35. The summed E-state index contributed by atoms with van der Waals surface area (Å²) in [5.74, 6) is 0. The second-order valence-corrected chi connectivity index (χ2v) is 6.34. The maximum absolute atomic E-state index is 5.54. The molecule has 0 radical (unpaired) electrons. The molecule has 1 aromatic rings. The maximum Gasteiger partial charge on any atom is 0.00433 e. The van der Waals surface area contributed by atoms with Gasteiger partial charge in [0.15, 0.2) is 0 Å². The molecule has 0 bridgehead atoms. The van der Waals surface area contributed by atoms with Gasteiger partial charge in [-0.25, -0.2) is 0 Å². The van der Waals surface area contributed by atoms with Gasteiger partial charge >= 0.3 is 0 Å². The molecule has 1 rings (SSSR count). The fourth-order valence-electron chi connectivity index (χ4n) is 2.95. The van der Waals surface area contributed by atoms with Crippen LogP contribution in [0, 0.1) is 27.7 Å². The summed E-state index contributed by atoms with van der Waals surface area (Å²) >= 11 is 0. The number of benzene rings is 1. The zero-order valence-electron chi connectivity index (χ0n) is 13.5. The molecular formula is C17H30N2. The fraction of sp³-hybridized carbons (Fsp3) is 0.647. The SMILES string of the molecule is Cc1cc(C)c(C)c(C(C)(C)CNCCCN)c1C. The number of rotatable bonds is 6. The predicted molar refractivity (Wildman–Crippen MR) is 85.0 cm³/mol. The largest absolute Gasteiger partial charge is 0.330 e. The summed E-state index contributed by atoms with van der Waals surface area (Å²) in [5, 5.41) is 3.54. The Balaban J connectivity index is 3.00. The van der Waals surface area contributed by atoms with E-state index >= 15 is 0 Å². The molecule has 0 atom stereocenters. The summed E-state index contributed by atoms with van der Waals surface area (Å²) in [4.78, 5) is 0. The third-order valence-corrected chi connectivity index (χ3v) is 4.17. The van der Waals surface area contributed by atoms with Gasteiger partial charge in [-0.15, -0.1) is 0 Å². The van der Waals surface area contributed by atoms with Crippen molar-refractivity contribution in [1.82, 2.24) is 5.32 Å². The van der Waals surface area contributed by atoms with E-state index in [1.807, 2.05) is 0 Å². The van der Waals surface area contributed by atoms with E-state index in [9.17, 15) is 0 Å². The highest BCUT2D eigenvalue weighted by Crippen LogP contribution is 2.32. The van der Waals surface area contributed by atoms with Crippen molar-refractivity contribution >= 4 is 0 Å². The molecule has 19 heavy (non-hydrogen) atoms. The zero-order valence-corrected chi connectivity index (χ0v) is 13.5. The molecule has 0 aliphatic rings. The standard InChI is InChI=1S/C17H30N2/c1-12-10-13(2)15(4)16(14(12)3)17(5,6)11-19-9-7-8-18/h10,19H,7-9,11,18H2,1-6H3. The van der Waals surface area contributed by atoms with E-state index in [-0.39, 0.29) is 5.41 Å². The summed E-state index contributed by atoms with van der Waals surface area (Å²) in [6.45, 7) is 16.3. The topological polar surface area (TPSA) is 38.0 Å². The molecule has 2 heteroatoms. The zero-order chi connectivity index (χ0) is 14.6. The Morgan fingerprint density at radius 1 is 1.05 bits per heavy atom. The summed E-state index contributed by atoms with van der Waals surface area (Å²) in [7, 11) is 0. The van der Waals surface area contributed by atoms with Crippen molar-refractivity contribution in [2.45, 2.75) is 53.4 Å². The molecule has 0 unspecified atom stereocenters. The van der Waals surface area contributed by atoms with E-state index in [0.29, 0.717) is 0 Å². The normalized spacial score (nSPS) is 11.9. The van der Waals surface area contributed by atoms with E-state index in [1.54, 1.807) is 0 Å². The molecule has 0 aliphatic carbocycles. The summed E-state index contributed by atoms with van der Waals surface area (Å²) in [5.41, 5.74) is 12.9. The van der Waals surface area contributed by atoms with E-state index in [1.165, 1.54) is 27.8 Å². The number of aryl methyl sites for hydroxylation is 2. The van der Waals surface area contributed by atoms with Crippen LogP contribution in [0.15, 0.2) is 6.07 Å². The highest BCUT2D eigenvalue weighted by molar-refractivity contribution is 5.47. The summed E-state index contributed by atoms with van der Waals surface area (Å²) in [6, 6.07) is 2.30. The smallest absolute Gasteiger partial charge is 0.00433 e. The van der Waals surface area contributed by atoms with Gasteiger partial charge in [0.2, 0.25) is 0 Å². The van der Waals surface area contributed by atoms with Crippen molar-refractivity contribution < 1.29 is 0 Å². The predicted octanol–water partition coefficient (Wildman–Crippen LogP) is 3.14. The van der Waals surface area contributed by atoms with Crippen LogP contribution in [0.1, 0.15) is 48.1 Å². The van der Waals surface area contributed by atoms with Crippen molar-refractivity contribution in [2.75, 3.05) is 19.6 Å². The van der Waals surface area contributed by atoms with Crippen LogP contribution < -0.4 is 11.1 Å². The van der Waals surface area contributed by atoms with Gasteiger partial charge in [0.1, 0.15) is 0 Å². The lowest BCUT2D eigenvalue weighted by Gasteiger charge is -2.31. The molecule has 0 fully saturated rings. The number of nitrogens with one attached hydrogen (secondary N) is 1. The summed E-state index contributed by atoms with van der Waals surface area (Å²) in [6.07, 6.45) is 1.04. The highest BCUT2D eigenvalue weighted by Gasteiger charge is 2.25. The van der Waals surface area contributed by atoms with Gasteiger partial charge in [0.05, 0.1) is 0 Å². The van der Waals surface area contributed by atoms with Crippen LogP contribution in [-0.2, 0) is 5.41 Å². The van der Waals surface area contributed by atoms with Crippen LogP contribution in [-0.4, -0.2) is 19.6 Å². The molecule has 0 saturated carbocycles. The molecule has 0 aliphatic heterocycles. The molecule has 0 saturated heterocycles. The first kappa shape index (κ1) is 16.2. The maximum atomic E-state index is 5.54. The molecule has 0 spiro atoms. The van der Waals surface area contributed by atoms with Gasteiger partial charge < -0.3 is 11.1 Å². The Kier molecular flexibility index (Phi) is 5.57. The molecule has 0 aromatic heterocycles. The lowest BCUT2D eigenvalue weighted by atomic mass is 9.77. The first-order chi connectivity index (χ1) is 8.81. The van der Waals surface area contributed by atoms with Gasteiger partial charge in [-0.2, -0.15) is 0 Å². The van der Waals surface area contributed by atoms with Gasteiger partial charge in [-0.05, 0) is 75.0 Å². The van der Waals surface area contributed by atoms with Crippen molar-refractivity contribution in [3.05, 3.63) is 33.9 Å². The van der Waals surface area contributed by atoms with Crippen LogP contribution >= 0.6 is 0 Å². The van der Waals surface area contributed by atoms with Crippen LogP contribution in [0.5, 0.6) is 0 Å². The lowest BCUT2D eigenvalue weighted by molar-refractivity contribution is 0.462. The average Bonchev–Trinajstić information content (AvgIpc) is 2.32. The Labute approximate surface area is 118 Å². The molecule has 0 heterocycles. The van der Waals surface area contributed by atoms with Crippen LogP contribution in [0.3, 0.4) is 0 Å². The van der Waals surface area contributed by atoms with Crippen molar-refractivity contribution in [2.24, 2.45) is 5.73 Å². The van der Waals surface area contributed by atoms with Crippen molar-refractivity contribution in [3.63, 3.8) is 0 Å². The number of hydrogen-bond donors (Lipinski definition) is 2.